The smallest absolute Gasteiger partial charge is 0.248 e. The zero-order valence-corrected chi connectivity index (χ0v) is 16.3. The highest BCUT2D eigenvalue weighted by molar-refractivity contribution is 8.01. The number of carbonyl (C=O) groups excluding carboxylic acids is 2. The summed E-state index contributed by atoms with van der Waals surface area (Å²) in [5, 5.41) is 4.97. The highest BCUT2D eigenvalue weighted by Crippen LogP contribution is 2.47. The lowest BCUT2D eigenvalue weighted by Gasteiger charge is -2.29. The van der Waals surface area contributed by atoms with Crippen molar-refractivity contribution in [1.29, 1.82) is 0 Å². The first-order chi connectivity index (χ1) is 13.0. The van der Waals surface area contributed by atoms with Crippen LogP contribution in [0.5, 0.6) is 0 Å². The van der Waals surface area contributed by atoms with E-state index in [1.807, 2.05) is 46.4 Å². The van der Waals surface area contributed by atoms with Crippen molar-refractivity contribution < 1.29 is 9.59 Å². The number of nitrogens with zero attached hydrogens (tertiary/aromatic N) is 3. The molecule has 0 unspecified atom stereocenters. The number of thiazole rings is 1. The topological polar surface area (TPSA) is 66.7 Å². The average Bonchev–Trinajstić information content (AvgIpc) is 3.37. The molecular weight excluding hydrogens is 380 g/mol. The molecule has 0 saturated carbocycles. The molecule has 5 rings (SSSR count). The molecule has 8 heteroatoms. The molecule has 2 aliphatic rings. The number of benzene rings is 1. The van der Waals surface area contributed by atoms with Crippen LogP contribution in [0.2, 0.25) is 0 Å². The fraction of sp³-hybridized carbons (Fsp3) is 0.316. The van der Waals surface area contributed by atoms with E-state index in [1.165, 1.54) is 0 Å². The maximum atomic E-state index is 12.8. The highest BCUT2D eigenvalue weighted by Gasteiger charge is 2.52. The zero-order valence-electron chi connectivity index (χ0n) is 14.7. The van der Waals surface area contributed by atoms with Crippen LogP contribution in [0.25, 0.3) is 16.2 Å². The summed E-state index contributed by atoms with van der Waals surface area (Å²) in [4.78, 5) is 32.1. The van der Waals surface area contributed by atoms with E-state index >= 15 is 0 Å². The van der Waals surface area contributed by atoms with Gasteiger partial charge in [-0.1, -0.05) is 12.1 Å². The summed E-state index contributed by atoms with van der Waals surface area (Å²) in [5.74, 6) is 0.617. The van der Waals surface area contributed by atoms with Crippen molar-refractivity contribution >= 4 is 45.6 Å². The Morgan fingerprint density at radius 1 is 1.33 bits per heavy atom. The van der Waals surface area contributed by atoms with Gasteiger partial charge in [0.15, 0.2) is 4.96 Å². The third-order valence-electron chi connectivity index (χ3n) is 5.29. The lowest BCUT2D eigenvalue weighted by Crippen LogP contribution is -2.48. The average molecular weight is 399 g/mol. The third kappa shape index (κ3) is 2.74. The van der Waals surface area contributed by atoms with Gasteiger partial charge in [0.2, 0.25) is 11.8 Å². The summed E-state index contributed by atoms with van der Waals surface area (Å²) in [6, 6.07) is 7.28. The van der Waals surface area contributed by atoms with Gasteiger partial charge in [0, 0.05) is 41.2 Å². The molecule has 2 saturated heterocycles. The molecule has 138 valence electrons. The number of fused-ring (bicyclic) bond motifs is 2. The maximum Gasteiger partial charge on any atom is 0.248 e. The minimum Gasteiger partial charge on any atom is -0.324 e. The fourth-order valence-corrected chi connectivity index (χ4v) is 5.96. The van der Waals surface area contributed by atoms with Crippen molar-refractivity contribution in [1.82, 2.24) is 14.3 Å². The predicted octanol–water partition coefficient (Wildman–Crippen LogP) is 3.46. The monoisotopic (exact) mass is 398 g/mol. The SMILES string of the molecule is C[C@@]12CCC(=O)N1[C@@H](C(=O)Nc1ccc(-c3cn4ccsc4n3)cc1)CS2. The van der Waals surface area contributed by atoms with E-state index in [-0.39, 0.29) is 16.7 Å². The zero-order chi connectivity index (χ0) is 18.6. The van der Waals surface area contributed by atoms with Gasteiger partial charge in [0.25, 0.3) is 0 Å². The minimum absolute atomic E-state index is 0.0812. The molecule has 1 N–H and O–H groups in total. The molecule has 0 aliphatic carbocycles. The van der Waals surface area contributed by atoms with Crippen molar-refractivity contribution in [2.75, 3.05) is 11.1 Å². The maximum absolute atomic E-state index is 12.8. The first-order valence-corrected chi connectivity index (χ1v) is 10.7. The lowest BCUT2D eigenvalue weighted by molar-refractivity contribution is -0.135. The molecule has 6 nitrogen and oxygen atoms in total. The molecule has 2 aliphatic heterocycles. The van der Waals surface area contributed by atoms with Crippen molar-refractivity contribution in [2.45, 2.75) is 30.7 Å². The van der Waals surface area contributed by atoms with E-state index in [0.29, 0.717) is 12.2 Å². The van der Waals surface area contributed by atoms with Gasteiger partial charge >= 0.3 is 0 Å². The Morgan fingerprint density at radius 3 is 2.93 bits per heavy atom. The number of amides is 2. The van der Waals surface area contributed by atoms with Crippen LogP contribution in [0.1, 0.15) is 19.8 Å². The van der Waals surface area contributed by atoms with E-state index in [1.54, 1.807) is 28.0 Å². The van der Waals surface area contributed by atoms with Gasteiger partial charge in [-0.2, -0.15) is 0 Å². The van der Waals surface area contributed by atoms with Crippen molar-refractivity contribution in [3.63, 3.8) is 0 Å². The van der Waals surface area contributed by atoms with Crippen LogP contribution < -0.4 is 5.32 Å². The van der Waals surface area contributed by atoms with Crippen LogP contribution in [-0.4, -0.2) is 42.8 Å². The van der Waals surface area contributed by atoms with Gasteiger partial charge in [-0.3, -0.25) is 14.0 Å². The number of hydrogen-bond acceptors (Lipinski definition) is 5. The summed E-state index contributed by atoms with van der Waals surface area (Å²) in [6.07, 6.45) is 5.33. The third-order valence-corrected chi connectivity index (χ3v) is 7.56. The van der Waals surface area contributed by atoms with Gasteiger partial charge in [0.1, 0.15) is 6.04 Å². The summed E-state index contributed by atoms with van der Waals surface area (Å²) < 4.78 is 2.00. The van der Waals surface area contributed by atoms with Gasteiger partial charge in [0.05, 0.1) is 10.6 Å². The van der Waals surface area contributed by atoms with E-state index in [9.17, 15) is 9.59 Å². The van der Waals surface area contributed by atoms with Crippen molar-refractivity contribution in [3.05, 3.63) is 42.0 Å². The largest absolute Gasteiger partial charge is 0.324 e. The molecule has 0 radical (unpaired) electrons. The quantitative estimate of drug-likeness (QED) is 0.734. The molecule has 2 amide bonds. The molecular formula is C19H18N4O2S2. The van der Waals surface area contributed by atoms with Crippen LogP contribution in [0, 0.1) is 0 Å². The number of aromatic nitrogens is 2. The van der Waals surface area contributed by atoms with E-state index in [2.05, 4.69) is 17.2 Å². The Hall–Kier alpha value is -2.32. The molecule has 1 aromatic carbocycles. The van der Waals surface area contributed by atoms with Crippen molar-refractivity contribution in [2.24, 2.45) is 0 Å². The minimum atomic E-state index is -0.394. The van der Waals surface area contributed by atoms with E-state index in [0.717, 1.165) is 28.3 Å². The molecule has 3 aromatic rings. The van der Waals surface area contributed by atoms with Crippen LogP contribution in [0.4, 0.5) is 5.69 Å². The summed E-state index contributed by atoms with van der Waals surface area (Å²) >= 11 is 3.30. The second kappa shape index (κ2) is 6.10. The summed E-state index contributed by atoms with van der Waals surface area (Å²) in [6.45, 7) is 2.06. The number of anilines is 1. The van der Waals surface area contributed by atoms with Gasteiger partial charge in [-0.05, 0) is 25.5 Å². The Labute approximate surface area is 164 Å². The number of hydrogen-bond donors (Lipinski definition) is 1. The fourth-order valence-electron chi connectivity index (χ4n) is 3.83. The number of imidazole rings is 1. The second-order valence-electron chi connectivity index (χ2n) is 7.05. The van der Waals surface area contributed by atoms with Gasteiger partial charge < -0.3 is 10.2 Å². The number of nitrogens with one attached hydrogen (secondary N) is 1. The highest BCUT2D eigenvalue weighted by atomic mass is 32.2. The first kappa shape index (κ1) is 16.8. The molecule has 2 fully saturated rings. The van der Waals surface area contributed by atoms with Crippen LogP contribution in [-0.2, 0) is 9.59 Å². The Bertz CT molecular complexity index is 1010. The number of carbonyl (C=O) groups is 2. The summed E-state index contributed by atoms with van der Waals surface area (Å²) in [7, 11) is 0. The first-order valence-electron chi connectivity index (χ1n) is 8.83. The van der Waals surface area contributed by atoms with Gasteiger partial charge in [-0.15, -0.1) is 23.1 Å². The Morgan fingerprint density at radius 2 is 2.15 bits per heavy atom. The molecule has 27 heavy (non-hydrogen) atoms. The number of rotatable bonds is 3. The second-order valence-corrected chi connectivity index (χ2v) is 9.43. The van der Waals surface area contributed by atoms with Gasteiger partial charge in [-0.25, -0.2) is 4.98 Å². The molecule has 0 spiro atoms. The number of thioether (sulfide) groups is 1. The van der Waals surface area contributed by atoms with E-state index < -0.39 is 6.04 Å². The van der Waals surface area contributed by atoms with Crippen LogP contribution in [0.15, 0.2) is 42.0 Å². The van der Waals surface area contributed by atoms with Crippen LogP contribution >= 0.6 is 23.1 Å². The standard InChI is InChI=1S/C19H18N4O2S2/c1-19-7-6-16(24)23(19)15(11-27-19)17(25)20-13-4-2-12(3-5-13)14-10-22-8-9-26-18(22)21-14/h2-5,8-10,15H,6-7,11H2,1H3,(H,20,25)/t15-,19-/m1/s1. The predicted molar refractivity (Wildman–Crippen MR) is 108 cm³/mol. The molecule has 2 aromatic heterocycles. The van der Waals surface area contributed by atoms with Crippen molar-refractivity contribution in [3.8, 4) is 11.3 Å². The molecule has 4 heterocycles. The Balaban J connectivity index is 1.32. The molecule has 2 atom stereocenters. The van der Waals surface area contributed by atoms with Crippen LogP contribution in [0.3, 0.4) is 0 Å². The normalized spacial score (nSPS) is 24.6. The lowest BCUT2D eigenvalue weighted by atomic mass is 10.1. The van der Waals surface area contributed by atoms with E-state index in [4.69, 9.17) is 0 Å². The Kier molecular flexibility index (Phi) is 3.80. The molecule has 0 bridgehead atoms. The summed E-state index contributed by atoms with van der Waals surface area (Å²) in [5.41, 5.74) is 2.64.